The van der Waals surface area contributed by atoms with Gasteiger partial charge in [-0.25, -0.2) is 4.98 Å². The molecule has 0 aliphatic carbocycles. The van der Waals surface area contributed by atoms with Crippen LogP contribution in [-0.4, -0.2) is 33.3 Å². The molecule has 0 aliphatic heterocycles. The van der Waals surface area contributed by atoms with Crippen molar-refractivity contribution in [2.24, 2.45) is 0 Å². The lowest BCUT2D eigenvalue weighted by Crippen LogP contribution is -2.36. The zero-order chi connectivity index (χ0) is 20.4. The molecule has 2 aromatic carbocycles. The predicted octanol–water partition coefficient (Wildman–Crippen LogP) is 4.15. The van der Waals surface area contributed by atoms with Gasteiger partial charge in [0, 0.05) is 7.05 Å². The average molecular weight is 398 g/mol. The number of rotatable bonds is 5. The lowest BCUT2D eigenvalue weighted by Gasteiger charge is -2.28. The smallest absolute Gasteiger partial charge is 0.266 e. The Morgan fingerprint density at radius 2 is 1.89 bits per heavy atom. The molecule has 0 saturated carbocycles. The summed E-state index contributed by atoms with van der Waals surface area (Å²) in [5.41, 5.74) is 3.45. The fraction of sp³-hybridized carbons (Fsp3) is 0.318. The summed E-state index contributed by atoms with van der Waals surface area (Å²) in [6, 6.07) is 12.8. The Labute approximate surface area is 169 Å². The van der Waals surface area contributed by atoms with E-state index in [2.05, 4.69) is 0 Å². The van der Waals surface area contributed by atoms with Crippen molar-refractivity contribution in [3.8, 4) is 5.69 Å². The predicted molar refractivity (Wildman–Crippen MR) is 113 cm³/mol. The summed E-state index contributed by atoms with van der Waals surface area (Å²) in [5, 5.41) is 0.547. The quantitative estimate of drug-likeness (QED) is 0.607. The van der Waals surface area contributed by atoms with Crippen LogP contribution >= 0.6 is 11.6 Å². The second-order valence-electron chi connectivity index (χ2n) is 6.96. The molecule has 0 bridgehead atoms. The number of para-hydroxylation sites is 1. The highest BCUT2D eigenvalue weighted by Crippen LogP contribution is 2.25. The summed E-state index contributed by atoms with van der Waals surface area (Å²) < 4.78 is 1.63. The van der Waals surface area contributed by atoms with E-state index < -0.39 is 0 Å². The van der Waals surface area contributed by atoms with E-state index >= 15 is 0 Å². The van der Waals surface area contributed by atoms with Crippen molar-refractivity contribution >= 4 is 28.4 Å². The highest BCUT2D eigenvalue weighted by Gasteiger charge is 2.26. The number of carbonyl (C=O) groups is 1. The molecule has 1 unspecified atom stereocenters. The van der Waals surface area contributed by atoms with E-state index in [1.165, 1.54) is 0 Å². The molecule has 0 radical (unpaired) electrons. The molecule has 146 valence electrons. The van der Waals surface area contributed by atoms with Crippen molar-refractivity contribution < 1.29 is 4.79 Å². The molecule has 5 nitrogen and oxygen atoms in total. The van der Waals surface area contributed by atoms with Crippen molar-refractivity contribution in [2.75, 3.05) is 12.9 Å². The second kappa shape index (κ2) is 8.15. The first-order chi connectivity index (χ1) is 13.4. The highest BCUT2D eigenvalue weighted by atomic mass is 35.5. The number of carbonyl (C=O) groups excluding carboxylic acids is 1. The maximum absolute atomic E-state index is 13.4. The molecule has 0 spiro atoms. The van der Waals surface area contributed by atoms with Gasteiger partial charge in [0.15, 0.2) is 0 Å². The number of halogens is 1. The van der Waals surface area contributed by atoms with E-state index in [0.29, 0.717) is 23.1 Å². The van der Waals surface area contributed by atoms with Crippen molar-refractivity contribution in [1.29, 1.82) is 0 Å². The summed E-state index contributed by atoms with van der Waals surface area (Å²) >= 11 is 5.78. The summed E-state index contributed by atoms with van der Waals surface area (Å²) in [6.07, 6.45) is 0.606. The Morgan fingerprint density at radius 3 is 2.54 bits per heavy atom. The largest absolute Gasteiger partial charge is 0.335 e. The van der Waals surface area contributed by atoms with Gasteiger partial charge in [-0.1, -0.05) is 25.1 Å². The van der Waals surface area contributed by atoms with Gasteiger partial charge in [-0.05, 0) is 55.7 Å². The van der Waals surface area contributed by atoms with Gasteiger partial charge in [-0.2, -0.15) is 0 Å². The van der Waals surface area contributed by atoms with Crippen molar-refractivity contribution in [3.05, 3.63) is 69.8 Å². The fourth-order valence-corrected chi connectivity index (χ4v) is 3.57. The lowest BCUT2D eigenvalue weighted by molar-refractivity contribution is -0.129. The molecule has 6 heteroatoms. The van der Waals surface area contributed by atoms with Crippen LogP contribution in [0.4, 0.5) is 0 Å². The highest BCUT2D eigenvalue weighted by molar-refractivity contribution is 6.27. The molecule has 1 atom stereocenters. The third kappa shape index (κ3) is 3.54. The van der Waals surface area contributed by atoms with E-state index in [9.17, 15) is 9.59 Å². The van der Waals surface area contributed by atoms with Crippen molar-refractivity contribution in [3.63, 3.8) is 0 Å². The Kier molecular flexibility index (Phi) is 5.84. The van der Waals surface area contributed by atoms with Gasteiger partial charge in [0.1, 0.15) is 11.7 Å². The maximum atomic E-state index is 13.4. The first-order valence-electron chi connectivity index (χ1n) is 9.30. The minimum absolute atomic E-state index is 0.117. The minimum atomic E-state index is -0.370. The Bertz CT molecular complexity index is 1090. The van der Waals surface area contributed by atoms with E-state index in [4.69, 9.17) is 16.6 Å². The molecular weight excluding hydrogens is 374 g/mol. The summed E-state index contributed by atoms with van der Waals surface area (Å²) in [6.45, 7) is 6.01. The third-order valence-corrected chi connectivity index (χ3v) is 5.44. The molecule has 1 amide bonds. The second-order valence-corrected chi connectivity index (χ2v) is 7.23. The monoisotopic (exact) mass is 397 g/mol. The number of fused-ring (bicyclic) bond motifs is 1. The zero-order valence-electron chi connectivity index (χ0n) is 16.6. The van der Waals surface area contributed by atoms with Gasteiger partial charge in [0.05, 0.1) is 22.6 Å². The number of benzene rings is 2. The Balaban J connectivity index is 2.35. The number of hydrogen-bond acceptors (Lipinski definition) is 3. The van der Waals surface area contributed by atoms with E-state index in [1.807, 2.05) is 57.2 Å². The molecule has 1 heterocycles. The van der Waals surface area contributed by atoms with Gasteiger partial charge in [0.2, 0.25) is 5.91 Å². The molecule has 0 saturated heterocycles. The standard InChI is InChI=1S/C22H24ClN3O2/c1-5-19(25(4)20(27)13-23)21-24-18-9-7-6-8-17(18)22(28)26(21)16-11-10-14(2)15(3)12-16/h6-12,19H,5,13H2,1-4H3. The van der Waals surface area contributed by atoms with Crippen LogP contribution in [0.15, 0.2) is 47.3 Å². The molecular formula is C22H24ClN3O2. The van der Waals surface area contributed by atoms with E-state index in [-0.39, 0.29) is 23.4 Å². The zero-order valence-corrected chi connectivity index (χ0v) is 17.3. The van der Waals surface area contributed by atoms with Crippen molar-refractivity contribution in [2.45, 2.75) is 33.2 Å². The molecule has 0 N–H and O–H groups in total. The number of hydrogen-bond donors (Lipinski definition) is 0. The summed E-state index contributed by atoms with van der Waals surface area (Å²) in [4.78, 5) is 32.1. The first kappa shape index (κ1) is 20.1. The molecule has 28 heavy (non-hydrogen) atoms. The number of amides is 1. The molecule has 3 aromatic rings. The normalized spacial score (nSPS) is 12.2. The van der Waals surface area contributed by atoms with Crippen LogP contribution in [0.3, 0.4) is 0 Å². The molecule has 1 aromatic heterocycles. The lowest BCUT2D eigenvalue weighted by atomic mass is 10.1. The van der Waals surface area contributed by atoms with E-state index in [0.717, 1.165) is 16.8 Å². The fourth-order valence-electron chi connectivity index (χ4n) is 3.39. The number of aryl methyl sites for hydroxylation is 2. The minimum Gasteiger partial charge on any atom is -0.335 e. The third-order valence-electron chi connectivity index (χ3n) is 5.21. The van der Waals surface area contributed by atoms with Crippen LogP contribution in [0, 0.1) is 13.8 Å². The summed E-state index contributed by atoms with van der Waals surface area (Å²) in [7, 11) is 1.70. The Morgan fingerprint density at radius 1 is 1.18 bits per heavy atom. The molecule has 3 rings (SSSR count). The van der Waals surface area contributed by atoms with E-state index in [1.54, 1.807) is 22.6 Å². The molecule has 0 aliphatic rings. The van der Waals surface area contributed by atoms with Crippen LogP contribution in [0.5, 0.6) is 0 Å². The van der Waals surface area contributed by atoms with Crippen LogP contribution < -0.4 is 5.56 Å². The van der Waals surface area contributed by atoms with Crippen LogP contribution in [0.2, 0.25) is 0 Å². The van der Waals surface area contributed by atoms with Gasteiger partial charge in [0.25, 0.3) is 5.56 Å². The molecule has 0 fully saturated rings. The number of nitrogens with zero attached hydrogens (tertiary/aromatic N) is 3. The average Bonchev–Trinajstić information content (AvgIpc) is 2.70. The van der Waals surface area contributed by atoms with Gasteiger partial charge >= 0.3 is 0 Å². The SMILES string of the molecule is CCC(c1nc2ccccc2c(=O)n1-c1ccc(C)c(C)c1)N(C)C(=O)CCl. The summed E-state index contributed by atoms with van der Waals surface area (Å²) in [5.74, 6) is 0.215. The maximum Gasteiger partial charge on any atom is 0.266 e. The van der Waals surface area contributed by atoms with Gasteiger partial charge in [-0.15, -0.1) is 11.6 Å². The van der Waals surface area contributed by atoms with Crippen molar-refractivity contribution in [1.82, 2.24) is 14.5 Å². The number of alkyl halides is 1. The van der Waals surface area contributed by atoms with Crippen LogP contribution in [0.25, 0.3) is 16.6 Å². The van der Waals surface area contributed by atoms with Crippen LogP contribution in [0.1, 0.15) is 36.3 Å². The van der Waals surface area contributed by atoms with Gasteiger partial charge in [-0.3, -0.25) is 14.2 Å². The van der Waals surface area contributed by atoms with Crippen LogP contribution in [-0.2, 0) is 4.79 Å². The van der Waals surface area contributed by atoms with Gasteiger partial charge < -0.3 is 4.90 Å². The first-order valence-corrected chi connectivity index (χ1v) is 9.83. The number of aromatic nitrogens is 2. The Hall–Kier alpha value is -2.66. The topological polar surface area (TPSA) is 55.2 Å².